The molecule has 0 bridgehead atoms. The number of hydrogen-bond donors (Lipinski definition) is 1. The van der Waals surface area contributed by atoms with E-state index in [-0.39, 0.29) is 10.6 Å². The van der Waals surface area contributed by atoms with Crippen LogP contribution in [0.5, 0.6) is 5.75 Å². The maximum absolute atomic E-state index is 11.3. The van der Waals surface area contributed by atoms with Crippen LogP contribution in [0, 0.1) is 0 Å². The molecule has 4 heteroatoms. The first kappa shape index (κ1) is 14.5. The highest BCUT2D eigenvalue weighted by atomic mass is 32.2. The summed E-state index contributed by atoms with van der Waals surface area (Å²) in [6, 6.07) is 22.0. The third-order valence-corrected chi connectivity index (χ3v) is 4.16. The fraction of sp³-hybridized carbons (Fsp3) is 0. The molecule has 110 valence electrons. The zero-order valence-electron chi connectivity index (χ0n) is 11.6. The van der Waals surface area contributed by atoms with E-state index in [4.69, 9.17) is 0 Å². The first-order valence-electron chi connectivity index (χ1n) is 6.74. The Bertz CT molecular complexity index is 814. The van der Waals surface area contributed by atoms with E-state index in [0.29, 0.717) is 5.56 Å². The van der Waals surface area contributed by atoms with Crippen LogP contribution in [0.2, 0.25) is 0 Å². The molecule has 0 saturated carbocycles. The topological polar surface area (TPSA) is 60.4 Å². The van der Waals surface area contributed by atoms with Gasteiger partial charge in [0.2, 0.25) is 0 Å². The van der Waals surface area contributed by atoms with Crippen molar-refractivity contribution in [3.63, 3.8) is 0 Å². The van der Waals surface area contributed by atoms with Crippen molar-refractivity contribution in [2.24, 2.45) is 0 Å². The van der Waals surface area contributed by atoms with Crippen molar-refractivity contribution in [3.8, 4) is 28.0 Å². The van der Waals surface area contributed by atoms with E-state index in [1.165, 1.54) is 6.07 Å². The average Bonchev–Trinajstić information content (AvgIpc) is 2.55. The minimum Gasteiger partial charge on any atom is -0.768 e. The van der Waals surface area contributed by atoms with E-state index in [1.807, 2.05) is 60.7 Å². The van der Waals surface area contributed by atoms with E-state index < -0.39 is 11.1 Å². The maximum Gasteiger partial charge on any atom is 0.138 e. The number of phenolic OH excluding ortho intramolecular Hbond substituents is 1. The number of benzene rings is 3. The molecule has 3 aromatic rings. The molecule has 3 nitrogen and oxygen atoms in total. The molecule has 0 fully saturated rings. The Morgan fingerprint density at radius 3 is 1.86 bits per heavy atom. The maximum atomic E-state index is 11.3. The van der Waals surface area contributed by atoms with E-state index in [1.54, 1.807) is 6.07 Å². The monoisotopic (exact) mass is 309 g/mol. The minimum atomic E-state index is -2.49. The Labute approximate surface area is 131 Å². The van der Waals surface area contributed by atoms with Gasteiger partial charge in [-0.05, 0) is 33.8 Å². The largest absolute Gasteiger partial charge is 0.768 e. The zero-order chi connectivity index (χ0) is 15.5. The van der Waals surface area contributed by atoms with Gasteiger partial charge in [0.25, 0.3) is 0 Å². The summed E-state index contributed by atoms with van der Waals surface area (Å²) < 4.78 is 22.6. The molecule has 0 radical (unpaired) electrons. The molecule has 0 spiro atoms. The third-order valence-electron chi connectivity index (χ3n) is 3.47. The number of aromatic hydroxyl groups is 1. The van der Waals surface area contributed by atoms with Crippen LogP contribution in [-0.4, -0.2) is 13.9 Å². The van der Waals surface area contributed by atoms with Gasteiger partial charge in [0, 0.05) is 5.56 Å². The molecule has 0 heterocycles. The fourth-order valence-corrected chi connectivity index (χ4v) is 2.90. The molecular formula is C18H13O3S-. The van der Waals surface area contributed by atoms with Gasteiger partial charge in [-0.15, -0.1) is 0 Å². The fourth-order valence-electron chi connectivity index (χ4n) is 2.46. The van der Waals surface area contributed by atoms with Crippen LogP contribution in [0.25, 0.3) is 22.3 Å². The van der Waals surface area contributed by atoms with Gasteiger partial charge in [-0.1, -0.05) is 66.7 Å². The van der Waals surface area contributed by atoms with Crippen molar-refractivity contribution in [1.29, 1.82) is 0 Å². The Kier molecular flexibility index (Phi) is 4.04. The van der Waals surface area contributed by atoms with E-state index in [2.05, 4.69) is 0 Å². The second-order valence-electron chi connectivity index (χ2n) is 4.80. The Hall–Kier alpha value is -2.43. The summed E-state index contributed by atoms with van der Waals surface area (Å²) in [5.74, 6) is -0.221. The van der Waals surface area contributed by atoms with Crippen LogP contribution in [0.1, 0.15) is 0 Å². The molecule has 0 aromatic heterocycles. The first-order chi connectivity index (χ1) is 10.7. The zero-order valence-corrected chi connectivity index (χ0v) is 12.4. The lowest BCUT2D eigenvalue weighted by atomic mass is 9.94. The molecule has 0 aliphatic carbocycles. The number of phenols is 1. The summed E-state index contributed by atoms with van der Waals surface area (Å²) >= 11 is -2.49. The van der Waals surface area contributed by atoms with Crippen LogP contribution in [0.3, 0.4) is 0 Å². The molecule has 0 amide bonds. The van der Waals surface area contributed by atoms with Crippen LogP contribution in [-0.2, 0) is 11.1 Å². The molecule has 0 aliphatic rings. The van der Waals surface area contributed by atoms with Crippen molar-refractivity contribution < 1.29 is 13.9 Å². The number of rotatable bonds is 3. The van der Waals surface area contributed by atoms with E-state index in [0.717, 1.165) is 16.7 Å². The number of hydrogen-bond acceptors (Lipinski definition) is 3. The Morgan fingerprint density at radius 2 is 1.32 bits per heavy atom. The third kappa shape index (κ3) is 2.66. The van der Waals surface area contributed by atoms with Gasteiger partial charge >= 0.3 is 0 Å². The molecule has 3 rings (SSSR count). The van der Waals surface area contributed by atoms with Gasteiger partial charge in [-0.3, -0.25) is 4.21 Å². The SMILES string of the molecule is O=S([O-])c1ccc(-c2ccccc2)c(-c2ccccc2)c1O. The summed E-state index contributed by atoms with van der Waals surface area (Å²) in [6.07, 6.45) is 0. The Morgan fingerprint density at radius 1 is 0.773 bits per heavy atom. The Balaban J connectivity index is 2.32. The quantitative estimate of drug-likeness (QED) is 0.745. The summed E-state index contributed by atoms with van der Waals surface area (Å²) in [5, 5.41) is 10.5. The summed E-state index contributed by atoms with van der Waals surface area (Å²) in [4.78, 5) is -0.0986. The predicted molar refractivity (Wildman–Crippen MR) is 86.2 cm³/mol. The highest BCUT2D eigenvalue weighted by Crippen LogP contribution is 2.41. The summed E-state index contributed by atoms with van der Waals surface area (Å²) in [5.41, 5.74) is 3.00. The first-order valence-corrected chi connectivity index (χ1v) is 7.82. The standard InChI is InChI=1S/C18H14O3S/c19-18-16(22(20)21)12-11-15(13-7-3-1-4-8-13)17(18)14-9-5-2-6-10-14/h1-12,19H,(H,20,21)/p-1. The second-order valence-corrected chi connectivity index (χ2v) is 5.71. The van der Waals surface area contributed by atoms with Gasteiger partial charge in [-0.2, -0.15) is 0 Å². The normalized spacial score (nSPS) is 12.0. The molecule has 0 saturated heterocycles. The van der Waals surface area contributed by atoms with Gasteiger partial charge < -0.3 is 9.66 Å². The van der Waals surface area contributed by atoms with Crippen LogP contribution >= 0.6 is 0 Å². The van der Waals surface area contributed by atoms with E-state index in [9.17, 15) is 13.9 Å². The predicted octanol–water partition coefficient (Wildman–Crippen LogP) is 3.96. The summed E-state index contributed by atoms with van der Waals surface area (Å²) in [6.45, 7) is 0. The van der Waals surface area contributed by atoms with Crippen molar-refractivity contribution in [3.05, 3.63) is 72.8 Å². The van der Waals surface area contributed by atoms with Crippen molar-refractivity contribution in [2.75, 3.05) is 0 Å². The average molecular weight is 309 g/mol. The lowest BCUT2D eigenvalue weighted by Gasteiger charge is -2.16. The highest BCUT2D eigenvalue weighted by Gasteiger charge is 2.16. The van der Waals surface area contributed by atoms with Gasteiger partial charge in [0.1, 0.15) is 5.75 Å². The smallest absolute Gasteiger partial charge is 0.138 e. The molecule has 22 heavy (non-hydrogen) atoms. The van der Waals surface area contributed by atoms with Crippen LogP contribution in [0.4, 0.5) is 0 Å². The molecule has 1 unspecified atom stereocenters. The lowest BCUT2D eigenvalue weighted by Crippen LogP contribution is -1.94. The highest BCUT2D eigenvalue weighted by molar-refractivity contribution is 7.79. The summed E-state index contributed by atoms with van der Waals surface area (Å²) in [7, 11) is 0. The van der Waals surface area contributed by atoms with Crippen molar-refractivity contribution in [2.45, 2.75) is 4.90 Å². The van der Waals surface area contributed by atoms with Crippen molar-refractivity contribution in [1.82, 2.24) is 0 Å². The molecule has 3 aromatic carbocycles. The molecular weight excluding hydrogens is 296 g/mol. The molecule has 0 aliphatic heterocycles. The van der Waals surface area contributed by atoms with Crippen LogP contribution in [0.15, 0.2) is 77.7 Å². The minimum absolute atomic E-state index is 0.0986. The van der Waals surface area contributed by atoms with Gasteiger partial charge in [0.15, 0.2) is 0 Å². The van der Waals surface area contributed by atoms with Crippen LogP contribution < -0.4 is 0 Å². The van der Waals surface area contributed by atoms with E-state index >= 15 is 0 Å². The molecule has 1 atom stereocenters. The molecule has 1 N–H and O–H groups in total. The van der Waals surface area contributed by atoms with Gasteiger partial charge in [-0.25, -0.2) is 0 Å². The van der Waals surface area contributed by atoms with Crippen molar-refractivity contribution >= 4 is 11.1 Å². The van der Waals surface area contributed by atoms with Gasteiger partial charge in [0.05, 0.1) is 4.90 Å². The lowest BCUT2D eigenvalue weighted by molar-refractivity contribution is 0.457. The second kappa shape index (κ2) is 6.13.